The van der Waals surface area contributed by atoms with Crippen molar-refractivity contribution in [1.82, 2.24) is 14.6 Å². The molecule has 5 rings (SSSR count). The van der Waals surface area contributed by atoms with Crippen molar-refractivity contribution in [3.63, 3.8) is 0 Å². The van der Waals surface area contributed by atoms with Gasteiger partial charge in [-0.05, 0) is 68.0 Å². The van der Waals surface area contributed by atoms with Gasteiger partial charge in [0.2, 0.25) is 0 Å². The van der Waals surface area contributed by atoms with Gasteiger partial charge in [-0.15, -0.1) is 0 Å². The maximum Gasteiger partial charge on any atom is 0.299 e. The van der Waals surface area contributed by atoms with Crippen molar-refractivity contribution in [3.8, 4) is 0 Å². The molecule has 206 valence electrons. The van der Waals surface area contributed by atoms with Crippen LogP contribution in [0.1, 0.15) is 52.7 Å². The number of benzene rings is 2. The molecule has 3 aromatic rings. The van der Waals surface area contributed by atoms with E-state index in [0.29, 0.717) is 5.56 Å². The first-order chi connectivity index (χ1) is 18.5. The molecule has 0 atom stereocenters. The van der Waals surface area contributed by atoms with Gasteiger partial charge in [-0.3, -0.25) is 18.9 Å². The number of carbonyl (C=O) groups excluding carboxylic acids is 1. The van der Waals surface area contributed by atoms with E-state index in [1.54, 1.807) is 13.0 Å². The quantitative estimate of drug-likeness (QED) is 0.304. The summed E-state index contributed by atoms with van der Waals surface area (Å²) < 4.78 is 60.4. The Hall–Kier alpha value is -3.77. The SMILES string of the molecule is Cc1ccc(Nc2c(C(=O)NC3CC3)cc(Cc3cccc(NS(=O)(=O)NC4CC4)c3F)c(=O)n2C)c(F)c1. The maximum absolute atomic E-state index is 15.4. The highest BCUT2D eigenvalue weighted by Gasteiger charge is 2.29. The number of carbonyl (C=O) groups is 1. The average molecular weight is 558 g/mol. The van der Waals surface area contributed by atoms with Gasteiger partial charge < -0.3 is 10.6 Å². The number of halogens is 2. The van der Waals surface area contributed by atoms with Gasteiger partial charge in [0.1, 0.15) is 11.6 Å². The van der Waals surface area contributed by atoms with Gasteiger partial charge >= 0.3 is 0 Å². The summed E-state index contributed by atoms with van der Waals surface area (Å²) in [4.78, 5) is 26.5. The minimum absolute atomic E-state index is 0.0218. The van der Waals surface area contributed by atoms with Crippen LogP contribution in [0.2, 0.25) is 0 Å². The van der Waals surface area contributed by atoms with Crippen LogP contribution in [0.5, 0.6) is 0 Å². The number of aromatic nitrogens is 1. The number of nitrogens with one attached hydrogen (secondary N) is 4. The lowest BCUT2D eigenvalue weighted by molar-refractivity contribution is 0.0951. The molecular weight excluding hydrogens is 528 g/mol. The lowest BCUT2D eigenvalue weighted by atomic mass is 10.0. The summed E-state index contributed by atoms with van der Waals surface area (Å²) >= 11 is 0. The van der Waals surface area contributed by atoms with Crippen LogP contribution in [0.4, 0.5) is 26.0 Å². The van der Waals surface area contributed by atoms with E-state index < -0.39 is 33.3 Å². The normalized spacial score (nSPS) is 15.2. The molecule has 0 aliphatic heterocycles. The number of amides is 1. The number of pyridine rings is 1. The second-order valence-electron chi connectivity index (χ2n) is 10.1. The van der Waals surface area contributed by atoms with Crippen LogP contribution in [0.3, 0.4) is 0 Å². The van der Waals surface area contributed by atoms with Crippen LogP contribution in [0.15, 0.2) is 47.3 Å². The summed E-state index contributed by atoms with van der Waals surface area (Å²) in [5, 5.41) is 5.76. The zero-order valence-electron chi connectivity index (χ0n) is 21.5. The minimum atomic E-state index is -3.96. The van der Waals surface area contributed by atoms with E-state index in [1.807, 2.05) is 0 Å². The van der Waals surface area contributed by atoms with Crippen molar-refractivity contribution in [1.29, 1.82) is 0 Å². The third-order valence-electron chi connectivity index (χ3n) is 6.63. The first-order valence-corrected chi connectivity index (χ1v) is 14.1. The van der Waals surface area contributed by atoms with Crippen LogP contribution in [0.25, 0.3) is 0 Å². The fraction of sp³-hybridized carbons (Fsp3) is 0.333. The Kier molecular flexibility index (Phi) is 7.17. The summed E-state index contributed by atoms with van der Waals surface area (Å²) in [5.41, 5.74) is 0.315. The Morgan fingerprint density at radius 1 is 1.00 bits per heavy atom. The topological polar surface area (TPSA) is 121 Å². The van der Waals surface area contributed by atoms with Crippen LogP contribution < -0.4 is 25.6 Å². The lowest BCUT2D eigenvalue weighted by Crippen LogP contribution is -2.32. The smallest absolute Gasteiger partial charge is 0.299 e. The summed E-state index contributed by atoms with van der Waals surface area (Å²) in [6.45, 7) is 1.74. The second kappa shape index (κ2) is 10.4. The molecule has 1 amide bonds. The fourth-order valence-corrected chi connectivity index (χ4v) is 5.37. The first-order valence-electron chi connectivity index (χ1n) is 12.6. The number of anilines is 3. The van der Waals surface area contributed by atoms with E-state index in [0.717, 1.165) is 25.7 Å². The molecule has 1 heterocycles. The Morgan fingerprint density at radius 3 is 2.38 bits per heavy atom. The molecule has 4 N–H and O–H groups in total. The molecule has 0 bridgehead atoms. The standard InChI is InChI=1S/C27H29F2N5O4S/c1-15-6-11-22(21(28)12-15)31-25-20(26(35)30-18-7-8-18)14-17(27(36)34(25)2)13-16-4-3-5-23(24(16)29)33-39(37,38)32-19-9-10-19/h3-6,11-12,14,18-19,31-33H,7-10,13H2,1-2H3,(H,30,35). The molecular formula is C27H29F2N5O4S. The number of aryl methyl sites for hydroxylation is 1. The van der Waals surface area contributed by atoms with Gasteiger partial charge in [0, 0.05) is 31.1 Å². The summed E-state index contributed by atoms with van der Waals surface area (Å²) in [6, 6.07) is 10.0. The van der Waals surface area contributed by atoms with Crippen molar-refractivity contribution >= 4 is 33.3 Å². The Morgan fingerprint density at radius 2 is 1.72 bits per heavy atom. The fourth-order valence-electron chi connectivity index (χ4n) is 4.19. The highest BCUT2D eigenvalue weighted by molar-refractivity contribution is 7.90. The highest BCUT2D eigenvalue weighted by atomic mass is 32.2. The summed E-state index contributed by atoms with van der Waals surface area (Å²) in [7, 11) is -2.52. The van der Waals surface area contributed by atoms with Crippen molar-refractivity contribution in [2.75, 3.05) is 10.0 Å². The molecule has 39 heavy (non-hydrogen) atoms. The van der Waals surface area contributed by atoms with Gasteiger partial charge in [0.25, 0.3) is 21.7 Å². The first kappa shape index (κ1) is 26.8. The van der Waals surface area contributed by atoms with Gasteiger partial charge in [0.05, 0.1) is 16.9 Å². The van der Waals surface area contributed by atoms with Gasteiger partial charge in [-0.1, -0.05) is 18.2 Å². The van der Waals surface area contributed by atoms with E-state index in [4.69, 9.17) is 0 Å². The van der Waals surface area contributed by atoms with Crippen molar-refractivity contribution in [2.24, 2.45) is 7.05 Å². The molecule has 2 aliphatic rings. The van der Waals surface area contributed by atoms with Gasteiger partial charge in [-0.25, -0.2) is 8.78 Å². The molecule has 0 spiro atoms. The predicted octanol–water partition coefficient (Wildman–Crippen LogP) is 3.61. The van der Waals surface area contributed by atoms with Crippen molar-refractivity contribution < 1.29 is 22.0 Å². The Bertz CT molecular complexity index is 1620. The zero-order chi connectivity index (χ0) is 27.9. The second-order valence-corrected chi connectivity index (χ2v) is 11.6. The van der Waals surface area contributed by atoms with Crippen LogP contribution in [0, 0.1) is 18.6 Å². The van der Waals surface area contributed by atoms with E-state index >= 15 is 4.39 Å². The summed E-state index contributed by atoms with van der Waals surface area (Å²) in [6.07, 6.45) is 2.93. The molecule has 12 heteroatoms. The molecule has 2 saturated carbocycles. The molecule has 1 aromatic heterocycles. The average Bonchev–Trinajstić information content (AvgIpc) is 3.80. The predicted molar refractivity (Wildman–Crippen MR) is 144 cm³/mol. The number of hydrogen-bond donors (Lipinski definition) is 4. The van der Waals surface area contributed by atoms with E-state index in [-0.39, 0.29) is 52.4 Å². The molecule has 2 aliphatic carbocycles. The van der Waals surface area contributed by atoms with Crippen molar-refractivity contribution in [3.05, 3.63) is 86.7 Å². The molecule has 0 unspecified atom stereocenters. The van der Waals surface area contributed by atoms with Crippen molar-refractivity contribution in [2.45, 2.75) is 51.1 Å². The minimum Gasteiger partial charge on any atom is -0.349 e. The number of nitrogens with zero attached hydrogens (tertiary/aromatic N) is 1. The number of rotatable bonds is 10. The largest absolute Gasteiger partial charge is 0.349 e. The molecule has 0 saturated heterocycles. The van der Waals surface area contributed by atoms with E-state index in [2.05, 4.69) is 20.1 Å². The molecule has 0 radical (unpaired) electrons. The van der Waals surface area contributed by atoms with Crippen LogP contribution >= 0.6 is 0 Å². The monoisotopic (exact) mass is 557 g/mol. The summed E-state index contributed by atoms with van der Waals surface area (Å²) in [5.74, 6) is -1.72. The van der Waals surface area contributed by atoms with Gasteiger partial charge in [-0.2, -0.15) is 13.1 Å². The third kappa shape index (κ3) is 6.28. The highest BCUT2D eigenvalue weighted by Crippen LogP contribution is 2.27. The Labute approximate surface area is 224 Å². The molecule has 2 aromatic carbocycles. The molecule has 2 fully saturated rings. The molecule has 9 nitrogen and oxygen atoms in total. The van der Waals surface area contributed by atoms with E-state index in [1.165, 1.54) is 48.0 Å². The number of hydrogen-bond acceptors (Lipinski definition) is 5. The van der Waals surface area contributed by atoms with E-state index in [9.17, 15) is 22.4 Å². The third-order valence-corrected chi connectivity index (χ3v) is 7.76. The zero-order valence-corrected chi connectivity index (χ0v) is 22.3. The maximum atomic E-state index is 15.4. The Balaban J connectivity index is 1.49. The van der Waals surface area contributed by atoms with Crippen LogP contribution in [-0.2, 0) is 23.7 Å². The van der Waals surface area contributed by atoms with Crippen LogP contribution in [-0.4, -0.2) is 31.0 Å². The lowest BCUT2D eigenvalue weighted by Gasteiger charge is -2.18. The van der Waals surface area contributed by atoms with Gasteiger partial charge in [0.15, 0.2) is 5.82 Å².